The molecule has 1 aliphatic rings. The lowest BCUT2D eigenvalue weighted by atomic mass is 10.0. The molecule has 138 valence electrons. The molecule has 4 aromatic rings. The maximum Gasteiger partial charge on any atom is 0.186 e. The molecule has 4 nitrogen and oxygen atoms in total. The van der Waals surface area contributed by atoms with Crippen molar-refractivity contribution in [3.8, 4) is 11.1 Å². The Morgan fingerprint density at radius 1 is 0.929 bits per heavy atom. The lowest BCUT2D eigenvalue weighted by molar-refractivity contribution is 0.687. The first kappa shape index (κ1) is 17.1. The summed E-state index contributed by atoms with van der Waals surface area (Å²) in [6, 6.07) is 16.6. The molecule has 5 rings (SSSR count). The Morgan fingerprint density at radius 2 is 1.86 bits per heavy atom. The average molecular weight is 385 g/mol. The van der Waals surface area contributed by atoms with Gasteiger partial charge in [-0.05, 0) is 54.8 Å². The van der Waals surface area contributed by atoms with Gasteiger partial charge in [0.05, 0.1) is 15.9 Å². The van der Waals surface area contributed by atoms with Crippen molar-refractivity contribution in [2.75, 3.05) is 18.0 Å². The van der Waals surface area contributed by atoms with E-state index in [1.54, 1.807) is 17.5 Å². The maximum atomic E-state index is 4.88. The normalized spacial score (nSPS) is 14.4. The number of hydrogen-bond donors (Lipinski definition) is 0. The minimum absolute atomic E-state index is 1.01. The summed E-state index contributed by atoms with van der Waals surface area (Å²) < 4.78 is 1.23. The van der Waals surface area contributed by atoms with Crippen molar-refractivity contribution in [3.63, 3.8) is 0 Å². The fourth-order valence-electron chi connectivity index (χ4n) is 3.56. The number of pyridine rings is 2. The van der Waals surface area contributed by atoms with Gasteiger partial charge in [-0.25, -0.2) is 4.98 Å². The molecule has 1 aromatic carbocycles. The maximum absolute atomic E-state index is 4.88. The van der Waals surface area contributed by atoms with Crippen LogP contribution in [0.2, 0.25) is 0 Å². The fraction of sp³-hybridized carbons (Fsp3) is 0.174. The topological polar surface area (TPSA) is 41.9 Å². The molecule has 5 heteroatoms. The van der Waals surface area contributed by atoms with Crippen LogP contribution in [-0.4, -0.2) is 28.0 Å². The lowest BCUT2D eigenvalue weighted by Crippen LogP contribution is -2.30. The number of hydrogen-bond acceptors (Lipinski definition) is 5. The summed E-state index contributed by atoms with van der Waals surface area (Å²) >= 11 is 1.78. The highest BCUT2D eigenvalue weighted by Crippen LogP contribution is 2.34. The van der Waals surface area contributed by atoms with Crippen molar-refractivity contribution in [1.29, 1.82) is 0 Å². The third-order valence-electron chi connectivity index (χ3n) is 5.09. The predicted molar refractivity (Wildman–Crippen MR) is 117 cm³/mol. The van der Waals surface area contributed by atoms with Gasteiger partial charge in [0, 0.05) is 37.2 Å². The molecule has 0 N–H and O–H groups in total. The van der Waals surface area contributed by atoms with Crippen molar-refractivity contribution >= 4 is 32.8 Å². The van der Waals surface area contributed by atoms with E-state index in [4.69, 9.17) is 4.98 Å². The molecule has 0 spiro atoms. The SMILES string of the molecule is C(=C1CCN(c2nc3ccc(-c4cccnc4)cc3s2)CC1)c1ccccn1. The van der Waals surface area contributed by atoms with Crippen LogP contribution < -0.4 is 4.90 Å². The third kappa shape index (κ3) is 3.53. The third-order valence-corrected chi connectivity index (χ3v) is 6.17. The van der Waals surface area contributed by atoms with Gasteiger partial charge in [0.1, 0.15) is 0 Å². The van der Waals surface area contributed by atoms with E-state index in [0.717, 1.165) is 47.8 Å². The summed E-state index contributed by atoms with van der Waals surface area (Å²) in [7, 11) is 0. The van der Waals surface area contributed by atoms with Gasteiger partial charge < -0.3 is 4.90 Å². The van der Waals surface area contributed by atoms with E-state index in [2.05, 4.69) is 51.3 Å². The van der Waals surface area contributed by atoms with Gasteiger partial charge >= 0.3 is 0 Å². The number of piperidine rings is 1. The van der Waals surface area contributed by atoms with Crippen LogP contribution in [0.3, 0.4) is 0 Å². The summed E-state index contributed by atoms with van der Waals surface area (Å²) in [5.41, 5.74) is 5.92. The predicted octanol–water partition coefficient (Wildman–Crippen LogP) is 5.44. The smallest absolute Gasteiger partial charge is 0.186 e. The molecule has 4 heterocycles. The molecule has 0 aliphatic carbocycles. The monoisotopic (exact) mass is 384 g/mol. The van der Waals surface area contributed by atoms with Crippen molar-refractivity contribution in [1.82, 2.24) is 15.0 Å². The summed E-state index contributed by atoms with van der Waals surface area (Å²) in [5, 5.41) is 1.12. The number of rotatable bonds is 3. The van der Waals surface area contributed by atoms with Gasteiger partial charge in [0.2, 0.25) is 0 Å². The molecule has 0 unspecified atom stereocenters. The Morgan fingerprint density at radius 3 is 2.64 bits per heavy atom. The minimum atomic E-state index is 1.01. The Hall–Kier alpha value is -3.05. The molecule has 1 aliphatic heterocycles. The van der Waals surface area contributed by atoms with E-state index in [1.165, 1.54) is 15.8 Å². The zero-order valence-electron chi connectivity index (χ0n) is 15.5. The molecule has 28 heavy (non-hydrogen) atoms. The molecule has 3 aromatic heterocycles. The Labute approximate surface area is 168 Å². The van der Waals surface area contributed by atoms with Crippen molar-refractivity contribution in [2.45, 2.75) is 12.8 Å². The van der Waals surface area contributed by atoms with E-state index in [9.17, 15) is 0 Å². The second kappa shape index (κ2) is 7.52. The second-order valence-electron chi connectivity index (χ2n) is 6.96. The van der Waals surface area contributed by atoms with Crippen LogP contribution in [0.15, 0.2) is 72.7 Å². The Balaban J connectivity index is 1.34. The standard InChI is InChI=1S/C23H20N4S/c1-2-11-25-20(5-1)14-17-8-12-27(13-9-17)23-26-21-7-6-18(15-22(21)28-23)19-4-3-10-24-16-19/h1-7,10-11,14-16H,8-9,12-13H2. The van der Waals surface area contributed by atoms with Crippen LogP contribution in [0, 0.1) is 0 Å². The van der Waals surface area contributed by atoms with Crippen LogP contribution in [0.25, 0.3) is 27.4 Å². The highest BCUT2D eigenvalue weighted by Gasteiger charge is 2.18. The first-order valence-corrected chi connectivity index (χ1v) is 10.3. The first-order chi connectivity index (χ1) is 13.8. The number of aromatic nitrogens is 3. The second-order valence-corrected chi connectivity index (χ2v) is 7.97. The quantitative estimate of drug-likeness (QED) is 0.472. The van der Waals surface area contributed by atoms with Gasteiger partial charge in [-0.15, -0.1) is 0 Å². The highest BCUT2D eigenvalue weighted by atomic mass is 32.1. The molecule has 0 saturated carbocycles. The van der Waals surface area contributed by atoms with Crippen molar-refractivity contribution in [3.05, 3.63) is 78.4 Å². The van der Waals surface area contributed by atoms with Gasteiger partial charge in [-0.3, -0.25) is 9.97 Å². The largest absolute Gasteiger partial charge is 0.347 e. The molecule has 0 bridgehead atoms. The lowest BCUT2D eigenvalue weighted by Gasteiger charge is -2.27. The number of thiazole rings is 1. The number of fused-ring (bicyclic) bond motifs is 1. The Bertz CT molecular complexity index is 1110. The van der Waals surface area contributed by atoms with Crippen LogP contribution >= 0.6 is 11.3 Å². The summed E-state index contributed by atoms with van der Waals surface area (Å²) in [6.07, 6.45) is 9.92. The van der Waals surface area contributed by atoms with Gasteiger partial charge in [0.15, 0.2) is 5.13 Å². The van der Waals surface area contributed by atoms with Gasteiger partial charge in [0.25, 0.3) is 0 Å². The fourth-order valence-corrected chi connectivity index (χ4v) is 4.62. The molecule has 0 amide bonds. The van der Waals surface area contributed by atoms with E-state index in [1.807, 2.05) is 30.6 Å². The average Bonchev–Trinajstić information content (AvgIpc) is 3.19. The molecule has 1 saturated heterocycles. The van der Waals surface area contributed by atoms with E-state index < -0.39 is 0 Å². The van der Waals surface area contributed by atoms with Gasteiger partial charge in [-0.2, -0.15) is 0 Å². The highest BCUT2D eigenvalue weighted by molar-refractivity contribution is 7.22. The minimum Gasteiger partial charge on any atom is -0.347 e. The first-order valence-electron chi connectivity index (χ1n) is 9.51. The summed E-state index contributed by atoms with van der Waals surface area (Å²) in [4.78, 5) is 15.9. The number of benzene rings is 1. The molecule has 0 atom stereocenters. The van der Waals surface area contributed by atoms with Crippen LogP contribution in [0.5, 0.6) is 0 Å². The van der Waals surface area contributed by atoms with Crippen LogP contribution in [0.1, 0.15) is 18.5 Å². The Kier molecular flexibility index (Phi) is 4.59. The van der Waals surface area contributed by atoms with Crippen molar-refractivity contribution < 1.29 is 0 Å². The van der Waals surface area contributed by atoms with Crippen molar-refractivity contribution in [2.24, 2.45) is 0 Å². The van der Waals surface area contributed by atoms with E-state index in [-0.39, 0.29) is 0 Å². The zero-order chi connectivity index (χ0) is 18.8. The number of nitrogens with zero attached hydrogens (tertiary/aromatic N) is 4. The molecular weight excluding hydrogens is 364 g/mol. The van der Waals surface area contributed by atoms with E-state index in [0.29, 0.717) is 0 Å². The molecule has 0 radical (unpaired) electrons. The number of anilines is 1. The zero-order valence-corrected chi connectivity index (χ0v) is 16.3. The van der Waals surface area contributed by atoms with Gasteiger partial charge in [-0.1, -0.05) is 35.1 Å². The van der Waals surface area contributed by atoms with Crippen LogP contribution in [0.4, 0.5) is 5.13 Å². The van der Waals surface area contributed by atoms with E-state index >= 15 is 0 Å². The molecular formula is C23H20N4S. The van der Waals surface area contributed by atoms with Crippen LogP contribution in [-0.2, 0) is 0 Å². The summed E-state index contributed by atoms with van der Waals surface area (Å²) in [5.74, 6) is 0. The summed E-state index contributed by atoms with van der Waals surface area (Å²) in [6.45, 7) is 2.02. The molecule has 1 fully saturated rings.